The van der Waals surface area contributed by atoms with Gasteiger partial charge < -0.3 is 15.2 Å². The fourth-order valence-corrected chi connectivity index (χ4v) is 2.59. The van der Waals surface area contributed by atoms with Crippen molar-refractivity contribution >= 4 is 22.8 Å². The van der Waals surface area contributed by atoms with E-state index in [1.54, 1.807) is 18.5 Å². The van der Waals surface area contributed by atoms with Gasteiger partial charge in [0, 0.05) is 31.6 Å². The first kappa shape index (κ1) is 13.6. The first-order valence-electron chi connectivity index (χ1n) is 7.23. The van der Waals surface area contributed by atoms with Gasteiger partial charge in [-0.3, -0.25) is 9.59 Å². The van der Waals surface area contributed by atoms with Gasteiger partial charge in [-0.15, -0.1) is 0 Å². The number of carbonyl (C=O) groups is 2. The summed E-state index contributed by atoms with van der Waals surface area (Å²) in [6.07, 6.45) is 4.01. The number of hydrogen-bond acceptors (Lipinski definition) is 3. The molecule has 3 rings (SSSR count). The minimum atomic E-state index is -0.104. The Labute approximate surface area is 122 Å². The van der Waals surface area contributed by atoms with Crippen molar-refractivity contribution in [2.75, 3.05) is 19.6 Å². The summed E-state index contributed by atoms with van der Waals surface area (Å²) in [5.41, 5.74) is 2.30. The number of benzene rings is 1. The molecule has 2 heterocycles. The van der Waals surface area contributed by atoms with Gasteiger partial charge in [0.2, 0.25) is 5.91 Å². The van der Waals surface area contributed by atoms with E-state index in [0.717, 1.165) is 37.0 Å². The predicted octanol–water partition coefficient (Wildman–Crippen LogP) is 1.31. The van der Waals surface area contributed by atoms with E-state index in [4.69, 9.17) is 0 Å². The lowest BCUT2D eigenvalue weighted by atomic mass is 10.2. The van der Waals surface area contributed by atoms with Crippen molar-refractivity contribution in [3.8, 4) is 0 Å². The third-order valence-corrected chi connectivity index (χ3v) is 3.75. The molecule has 110 valence electrons. The SMILES string of the molecule is O=C(NCCCN1CCCC1=O)c1ccc2[nH]cnc2c1. The number of hydrogen-bond donors (Lipinski definition) is 2. The minimum Gasteiger partial charge on any atom is -0.352 e. The Hall–Kier alpha value is -2.37. The number of aromatic amines is 1. The zero-order valence-corrected chi connectivity index (χ0v) is 11.8. The number of imidazole rings is 1. The van der Waals surface area contributed by atoms with Gasteiger partial charge in [-0.05, 0) is 31.0 Å². The second-order valence-electron chi connectivity index (χ2n) is 5.23. The average molecular weight is 286 g/mol. The van der Waals surface area contributed by atoms with Crippen LogP contribution in [0.4, 0.5) is 0 Å². The summed E-state index contributed by atoms with van der Waals surface area (Å²) in [5, 5.41) is 2.88. The molecule has 0 aliphatic carbocycles. The van der Waals surface area contributed by atoms with E-state index in [1.807, 2.05) is 11.0 Å². The number of aromatic nitrogens is 2. The first-order valence-corrected chi connectivity index (χ1v) is 7.23. The van der Waals surface area contributed by atoms with Gasteiger partial charge in [-0.1, -0.05) is 0 Å². The van der Waals surface area contributed by atoms with Crippen LogP contribution in [0.3, 0.4) is 0 Å². The van der Waals surface area contributed by atoms with Gasteiger partial charge >= 0.3 is 0 Å². The minimum absolute atomic E-state index is 0.104. The van der Waals surface area contributed by atoms with E-state index in [1.165, 1.54) is 0 Å². The summed E-state index contributed by atoms with van der Waals surface area (Å²) in [6.45, 7) is 2.14. The Morgan fingerprint density at radius 3 is 3.14 bits per heavy atom. The third-order valence-electron chi connectivity index (χ3n) is 3.75. The predicted molar refractivity (Wildman–Crippen MR) is 78.9 cm³/mol. The van der Waals surface area contributed by atoms with Crippen LogP contribution in [-0.4, -0.2) is 46.3 Å². The summed E-state index contributed by atoms with van der Waals surface area (Å²) in [6, 6.07) is 5.39. The van der Waals surface area contributed by atoms with Gasteiger partial charge in [0.05, 0.1) is 17.4 Å². The van der Waals surface area contributed by atoms with Crippen molar-refractivity contribution in [2.24, 2.45) is 0 Å². The van der Waals surface area contributed by atoms with E-state index in [2.05, 4.69) is 15.3 Å². The van der Waals surface area contributed by atoms with Gasteiger partial charge in [0.25, 0.3) is 5.91 Å². The number of likely N-dealkylation sites (tertiary alicyclic amines) is 1. The number of nitrogens with zero attached hydrogens (tertiary/aromatic N) is 2. The van der Waals surface area contributed by atoms with Crippen LogP contribution < -0.4 is 5.32 Å². The van der Waals surface area contributed by atoms with Crippen LogP contribution in [-0.2, 0) is 4.79 Å². The molecule has 0 radical (unpaired) electrons. The summed E-state index contributed by atoms with van der Waals surface area (Å²) in [5.74, 6) is 0.123. The van der Waals surface area contributed by atoms with E-state index >= 15 is 0 Å². The molecular weight excluding hydrogens is 268 g/mol. The van der Waals surface area contributed by atoms with Crippen molar-refractivity contribution in [1.29, 1.82) is 0 Å². The quantitative estimate of drug-likeness (QED) is 0.813. The Morgan fingerprint density at radius 2 is 2.33 bits per heavy atom. The molecule has 0 unspecified atom stereocenters. The second-order valence-corrected chi connectivity index (χ2v) is 5.23. The summed E-state index contributed by atoms with van der Waals surface area (Å²) >= 11 is 0. The van der Waals surface area contributed by atoms with Crippen molar-refractivity contribution in [2.45, 2.75) is 19.3 Å². The molecule has 1 aromatic carbocycles. The molecule has 1 saturated heterocycles. The summed E-state index contributed by atoms with van der Waals surface area (Å²) in [4.78, 5) is 32.5. The van der Waals surface area contributed by atoms with Crippen LogP contribution in [0.25, 0.3) is 11.0 Å². The Balaban J connectivity index is 1.48. The maximum absolute atomic E-state index is 12.0. The van der Waals surface area contributed by atoms with Crippen LogP contribution >= 0.6 is 0 Å². The highest BCUT2D eigenvalue weighted by Gasteiger charge is 2.19. The van der Waals surface area contributed by atoms with E-state index in [9.17, 15) is 9.59 Å². The fraction of sp³-hybridized carbons (Fsp3) is 0.400. The summed E-state index contributed by atoms with van der Waals surface area (Å²) in [7, 11) is 0. The molecule has 0 atom stereocenters. The highest BCUT2D eigenvalue weighted by molar-refractivity contribution is 5.97. The number of carbonyl (C=O) groups excluding carboxylic acids is 2. The molecule has 1 aromatic heterocycles. The molecule has 1 aliphatic heterocycles. The standard InChI is InChI=1S/C15H18N4O2/c20-14-3-1-7-19(14)8-2-6-16-15(21)11-4-5-12-13(9-11)18-10-17-12/h4-5,9-10H,1-3,6-8H2,(H,16,21)(H,17,18). The van der Waals surface area contributed by atoms with E-state index in [0.29, 0.717) is 18.5 Å². The highest BCUT2D eigenvalue weighted by Crippen LogP contribution is 2.12. The van der Waals surface area contributed by atoms with Crippen molar-refractivity contribution in [3.05, 3.63) is 30.1 Å². The third kappa shape index (κ3) is 3.04. The Kier molecular flexibility index (Phi) is 3.85. The van der Waals surface area contributed by atoms with Gasteiger partial charge in [0.1, 0.15) is 0 Å². The van der Waals surface area contributed by atoms with Crippen molar-refractivity contribution in [1.82, 2.24) is 20.2 Å². The Morgan fingerprint density at radius 1 is 1.43 bits per heavy atom. The zero-order valence-electron chi connectivity index (χ0n) is 11.8. The summed E-state index contributed by atoms with van der Waals surface area (Å²) < 4.78 is 0. The molecule has 2 aromatic rings. The molecule has 6 heteroatoms. The lowest BCUT2D eigenvalue weighted by molar-refractivity contribution is -0.127. The number of amides is 2. The molecule has 0 spiro atoms. The van der Waals surface area contributed by atoms with E-state index < -0.39 is 0 Å². The maximum atomic E-state index is 12.0. The van der Waals surface area contributed by atoms with E-state index in [-0.39, 0.29) is 11.8 Å². The lowest BCUT2D eigenvalue weighted by Crippen LogP contribution is -2.30. The highest BCUT2D eigenvalue weighted by atomic mass is 16.2. The molecular formula is C15H18N4O2. The molecule has 0 bridgehead atoms. The number of nitrogens with one attached hydrogen (secondary N) is 2. The fourth-order valence-electron chi connectivity index (χ4n) is 2.59. The van der Waals surface area contributed by atoms with Crippen LogP contribution in [0.2, 0.25) is 0 Å². The zero-order chi connectivity index (χ0) is 14.7. The monoisotopic (exact) mass is 286 g/mol. The molecule has 2 N–H and O–H groups in total. The number of H-pyrrole nitrogens is 1. The molecule has 2 amide bonds. The van der Waals surface area contributed by atoms with Crippen molar-refractivity contribution < 1.29 is 9.59 Å². The maximum Gasteiger partial charge on any atom is 0.251 e. The van der Waals surface area contributed by atoms with Crippen LogP contribution in [0, 0.1) is 0 Å². The topological polar surface area (TPSA) is 78.1 Å². The number of fused-ring (bicyclic) bond motifs is 1. The van der Waals surface area contributed by atoms with Gasteiger partial charge in [0.15, 0.2) is 0 Å². The van der Waals surface area contributed by atoms with Crippen molar-refractivity contribution in [3.63, 3.8) is 0 Å². The van der Waals surface area contributed by atoms with Gasteiger partial charge in [-0.25, -0.2) is 4.98 Å². The first-order chi connectivity index (χ1) is 10.2. The molecule has 1 aliphatic rings. The Bertz CT molecular complexity index is 664. The lowest BCUT2D eigenvalue weighted by Gasteiger charge is -2.15. The molecule has 1 fully saturated rings. The van der Waals surface area contributed by atoms with Gasteiger partial charge in [-0.2, -0.15) is 0 Å². The average Bonchev–Trinajstić information content (AvgIpc) is 3.11. The van der Waals surface area contributed by atoms with Crippen LogP contribution in [0.15, 0.2) is 24.5 Å². The second kappa shape index (κ2) is 5.95. The largest absolute Gasteiger partial charge is 0.352 e. The van der Waals surface area contributed by atoms with Crippen LogP contribution in [0.5, 0.6) is 0 Å². The normalized spacial score (nSPS) is 14.9. The molecule has 0 saturated carbocycles. The molecule has 6 nitrogen and oxygen atoms in total. The number of rotatable bonds is 5. The molecule has 21 heavy (non-hydrogen) atoms. The smallest absolute Gasteiger partial charge is 0.251 e. The van der Waals surface area contributed by atoms with Crippen LogP contribution in [0.1, 0.15) is 29.6 Å².